The van der Waals surface area contributed by atoms with Gasteiger partial charge in [0.25, 0.3) is 5.91 Å². The van der Waals surface area contributed by atoms with Crippen molar-refractivity contribution in [3.8, 4) is 16.9 Å². The zero-order chi connectivity index (χ0) is 25.4. The number of hydrogen-bond acceptors (Lipinski definition) is 6. The van der Waals surface area contributed by atoms with E-state index in [0.717, 1.165) is 16.2 Å². The Morgan fingerprint density at radius 2 is 1.59 bits per heavy atom. The molecule has 4 heterocycles. The molecule has 0 radical (unpaired) electrons. The van der Waals surface area contributed by atoms with Crippen LogP contribution in [0.3, 0.4) is 0 Å². The molecule has 1 N–H and O–H groups in total. The molecular formula is C26H27N5O5S. The Morgan fingerprint density at radius 1 is 0.892 bits per heavy atom. The van der Waals surface area contributed by atoms with E-state index in [9.17, 15) is 13.8 Å². The van der Waals surface area contributed by atoms with Crippen LogP contribution in [0.1, 0.15) is 16.1 Å². The molecule has 0 bridgehead atoms. The number of urea groups is 1. The number of hydrogen-bond donors (Lipinski definition) is 1. The quantitative estimate of drug-likeness (QED) is 0.568. The van der Waals surface area contributed by atoms with Gasteiger partial charge in [-0.1, -0.05) is 24.3 Å². The molecule has 0 aliphatic carbocycles. The van der Waals surface area contributed by atoms with Crippen molar-refractivity contribution in [2.75, 3.05) is 57.9 Å². The van der Waals surface area contributed by atoms with Gasteiger partial charge in [-0.05, 0) is 24.3 Å². The Labute approximate surface area is 216 Å². The maximum atomic E-state index is 13.5. The summed E-state index contributed by atoms with van der Waals surface area (Å²) in [7, 11) is -1.29. The van der Waals surface area contributed by atoms with Crippen molar-refractivity contribution in [3.63, 3.8) is 0 Å². The first kappa shape index (κ1) is 23.8. The van der Waals surface area contributed by atoms with Gasteiger partial charge >= 0.3 is 6.03 Å². The van der Waals surface area contributed by atoms with Crippen molar-refractivity contribution in [1.82, 2.24) is 19.6 Å². The summed E-state index contributed by atoms with van der Waals surface area (Å²) in [6.07, 6.45) is 0. The Bertz CT molecular complexity index is 1380. The molecule has 3 aromatic rings. The van der Waals surface area contributed by atoms with Gasteiger partial charge in [-0.2, -0.15) is 5.10 Å². The SMILES string of the molecule is O=C(Nc1cccc(-n2nc(C(=O)N3CCOCC3)c3c2-c2ccccc2S(=O)C3)c1)N1CCOCC1. The van der Waals surface area contributed by atoms with E-state index in [-0.39, 0.29) is 17.7 Å². The highest BCUT2D eigenvalue weighted by atomic mass is 32.2. The van der Waals surface area contributed by atoms with Crippen LogP contribution in [0.15, 0.2) is 53.4 Å². The third-order valence-electron chi connectivity index (χ3n) is 6.79. The molecular weight excluding hydrogens is 494 g/mol. The van der Waals surface area contributed by atoms with E-state index < -0.39 is 10.8 Å². The van der Waals surface area contributed by atoms with Crippen molar-refractivity contribution >= 4 is 28.4 Å². The van der Waals surface area contributed by atoms with Gasteiger partial charge < -0.3 is 24.6 Å². The summed E-state index contributed by atoms with van der Waals surface area (Å²) in [5.74, 6) is 0.0250. The molecule has 1 atom stereocenters. The van der Waals surface area contributed by atoms with E-state index in [1.807, 2.05) is 48.5 Å². The molecule has 3 aliphatic rings. The zero-order valence-corrected chi connectivity index (χ0v) is 21.0. The highest BCUT2D eigenvalue weighted by Crippen LogP contribution is 2.39. The maximum absolute atomic E-state index is 13.5. The molecule has 3 amide bonds. The van der Waals surface area contributed by atoms with Crippen LogP contribution in [0.2, 0.25) is 0 Å². The fraction of sp³-hybridized carbons (Fsp3) is 0.346. The fourth-order valence-corrected chi connectivity index (χ4v) is 6.22. The minimum absolute atomic E-state index is 0.188. The molecule has 11 heteroatoms. The Morgan fingerprint density at radius 3 is 2.35 bits per heavy atom. The molecule has 3 aliphatic heterocycles. The third kappa shape index (κ3) is 4.54. The van der Waals surface area contributed by atoms with E-state index in [0.29, 0.717) is 75.2 Å². The van der Waals surface area contributed by atoms with E-state index in [1.165, 1.54) is 0 Å². The average Bonchev–Trinajstić information content (AvgIpc) is 3.33. The Kier molecular flexibility index (Phi) is 6.49. The second-order valence-corrected chi connectivity index (χ2v) is 10.5. The van der Waals surface area contributed by atoms with Crippen LogP contribution in [0.25, 0.3) is 16.9 Å². The summed E-state index contributed by atoms with van der Waals surface area (Å²) in [4.78, 5) is 30.5. The van der Waals surface area contributed by atoms with Crippen LogP contribution in [0.4, 0.5) is 10.5 Å². The number of amides is 3. The minimum atomic E-state index is -1.29. The van der Waals surface area contributed by atoms with Crippen molar-refractivity contribution < 1.29 is 23.3 Å². The number of anilines is 1. The molecule has 0 saturated carbocycles. The molecule has 0 spiro atoms. The fourth-order valence-electron chi connectivity index (χ4n) is 4.89. The lowest BCUT2D eigenvalue weighted by Crippen LogP contribution is -2.43. The largest absolute Gasteiger partial charge is 0.378 e. The zero-order valence-electron chi connectivity index (χ0n) is 20.2. The second-order valence-electron chi connectivity index (χ2n) is 9.06. The predicted octanol–water partition coefficient (Wildman–Crippen LogP) is 2.50. The first-order valence-electron chi connectivity index (χ1n) is 12.3. The number of rotatable bonds is 3. The lowest BCUT2D eigenvalue weighted by Gasteiger charge is -2.27. The smallest absolute Gasteiger partial charge is 0.322 e. The summed E-state index contributed by atoms with van der Waals surface area (Å²) in [5.41, 5.74) is 3.84. The van der Waals surface area contributed by atoms with Gasteiger partial charge in [-0.15, -0.1) is 0 Å². The van der Waals surface area contributed by atoms with Crippen LogP contribution in [0.5, 0.6) is 0 Å². The Balaban J connectivity index is 1.41. The monoisotopic (exact) mass is 521 g/mol. The topological polar surface area (TPSA) is 106 Å². The lowest BCUT2D eigenvalue weighted by atomic mass is 10.0. The van der Waals surface area contributed by atoms with Crippen LogP contribution in [0, 0.1) is 0 Å². The number of benzene rings is 2. The number of carbonyl (C=O) groups is 2. The number of morpholine rings is 2. The van der Waals surface area contributed by atoms with E-state index in [1.54, 1.807) is 14.5 Å². The third-order valence-corrected chi connectivity index (χ3v) is 8.18. The summed E-state index contributed by atoms with van der Waals surface area (Å²) < 4.78 is 25.6. The summed E-state index contributed by atoms with van der Waals surface area (Å²) in [5, 5.41) is 7.75. The van der Waals surface area contributed by atoms with E-state index >= 15 is 0 Å². The van der Waals surface area contributed by atoms with Crippen molar-refractivity contribution in [2.24, 2.45) is 0 Å². The summed E-state index contributed by atoms with van der Waals surface area (Å²) in [6, 6.07) is 14.7. The van der Waals surface area contributed by atoms with E-state index in [2.05, 4.69) is 5.32 Å². The summed E-state index contributed by atoms with van der Waals surface area (Å²) >= 11 is 0. The highest BCUT2D eigenvalue weighted by molar-refractivity contribution is 7.84. The van der Waals surface area contributed by atoms with Gasteiger partial charge in [0.05, 0.1) is 54.4 Å². The standard InChI is InChI=1S/C26H27N5O5S/c32-25(29-8-12-35-13-9-29)23-21-17-37(34)22-7-2-1-6-20(22)24(21)31(28-23)19-5-3-4-18(16-19)27-26(33)30-10-14-36-15-11-30/h1-7,16H,8-15,17H2,(H,27,33). The first-order chi connectivity index (χ1) is 18.1. The molecule has 2 saturated heterocycles. The first-order valence-corrected chi connectivity index (χ1v) is 13.6. The second kappa shape index (κ2) is 10.1. The maximum Gasteiger partial charge on any atom is 0.322 e. The number of ether oxygens (including phenoxy) is 2. The predicted molar refractivity (Wildman–Crippen MR) is 137 cm³/mol. The minimum Gasteiger partial charge on any atom is -0.378 e. The molecule has 2 aromatic carbocycles. The van der Waals surface area contributed by atoms with Gasteiger partial charge in [-0.3, -0.25) is 9.00 Å². The van der Waals surface area contributed by atoms with Crippen LogP contribution in [-0.2, 0) is 26.0 Å². The van der Waals surface area contributed by atoms with Crippen LogP contribution >= 0.6 is 0 Å². The number of fused-ring (bicyclic) bond motifs is 3. The molecule has 37 heavy (non-hydrogen) atoms. The van der Waals surface area contributed by atoms with Gasteiger partial charge in [0.2, 0.25) is 0 Å². The molecule has 1 unspecified atom stereocenters. The summed E-state index contributed by atoms with van der Waals surface area (Å²) in [6.45, 7) is 4.06. The lowest BCUT2D eigenvalue weighted by molar-refractivity contribution is 0.0298. The van der Waals surface area contributed by atoms with Crippen LogP contribution in [-0.4, -0.2) is 88.3 Å². The highest BCUT2D eigenvalue weighted by Gasteiger charge is 2.34. The number of aromatic nitrogens is 2. The normalized spacial score (nSPS) is 19.2. The van der Waals surface area contributed by atoms with Crippen LogP contribution < -0.4 is 5.32 Å². The van der Waals surface area contributed by atoms with E-state index in [4.69, 9.17) is 14.6 Å². The van der Waals surface area contributed by atoms with Gasteiger partial charge in [-0.25, -0.2) is 9.48 Å². The molecule has 10 nitrogen and oxygen atoms in total. The van der Waals surface area contributed by atoms with Crippen molar-refractivity contribution in [1.29, 1.82) is 0 Å². The number of nitrogens with one attached hydrogen (secondary N) is 1. The van der Waals surface area contributed by atoms with Gasteiger partial charge in [0.1, 0.15) is 0 Å². The Hall–Kier alpha value is -3.54. The van der Waals surface area contributed by atoms with Gasteiger partial charge in [0.15, 0.2) is 5.69 Å². The average molecular weight is 522 g/mol. The number of nitrogens with zero attached hydrogens (tertiary/aromatic N) is 4. The molecule has 2 fully saturated rings. The molecule has 1 aromatic heterocycles. The van der Waals surface area contributed by atoms with Crippen molar-refractivity contribution in [3.05, 3.63) is 59.8 Å². The van der Waals surface area contributed by atoms with Gasteiger partial charge in [0, 0.05) is 47.9 Å². The van der Waals surface area contributed by atoms with Crippen molar-refractivity contribution in [2.45, 2.75) is 10.6 Å². The number of carbonyl (C=O) groups excluding carboxylic acids is 2. The molecule has 192 valence electrons. The molecule has 6 rings (SSSR count).